The van der Waals surface area contributed by atoms with E-state index < -0.39 is 5.60 Å². The van der Waals surface area contributed by atoms with Gasteiger partial charge in [0.25, 0.3) is 0 Å². The van der Waals surface area contributed by atoms with E-state index in [9.17, 15) is 4.79 Å². The fraction of sp³-hybridized carbons (Fsp3) is 0.917. The summed E-state index contributed by atoms with van der Waals surface area (Å²) in [5.74, 6) is 0. The Morgan fingerprint density at radius 1 is 1.13 bits per heavy atom. The van der Waals surface area contributed by atoms with Gasteiger partial charge in [-0.25, -0.2) is 4.79 Å². The van der Waals surface area contributed by atoms with E-state index in [1.807, 2.05) is 55.4 Å². The number of amides is 1. The van der Waals surface area contributed by atoms with Crippen molar-refractivity contribution in [1.82, 2.24) is 5.32 Å². The number of nitrogens with one attached hydrogen (secondary N) is 1. The fourth-order valence-corrected chi connectivity index (χ4v) is 0.668. The van der Waals surface area contributed by atoms with Gasteiger partial charge in [0.15, 0.2) is 0 Å². The first kappa shape index (κ1) is 16.7. The Bertz CT molecular complexity index is 181. The van der Waals surface area contributed by atoms with E-state index in [0.29, 0.717) is 0 Å². The first-order valence-electron chi connectivity index (χ1n) is 5.67. The molecule has 0 aliphatic carbocycles. The summed E-state index contributed by atoms with van der Waals surface area (Å²) in [5.41, 5.74) is -0.615. The number of rotatable bonds is 2. The van der Waals surface area contributed by atoms with Gasteiger partial charge in [0.05, 0.1) is 0 Å². The summed E-state index contributed by atoms with van der Waals surface area (Å²) in [6, 6.07) is 0. The lowest BCUT2D eigenvalue weighted by Crippen LogP contribution is -2.45. The Balaban J connectivity index is 0. The standard InChI is InChI=1S/C10H21NO2.C2H6/c1-7-10(5,6)11-8(12)13-9(2,3)4;1-2/h7H2,1-6H3,(H,11,12);1-2H3. The maximum Gasteiger partial charge on any atom is 0.408 e. The number of hydrogen-bond acceptors (Lipinski definition) is 2. The number of carbonyl (C=O) groups is 1. The van der Waals surface area contributed by atoms with Crippen molar-refractivity contribution in [2.45, 2.75) is 73.0 Å². The smallest absolute Gasteiger partial charge is 0.408 e. The van der Waals surface area contributed by atoms with Gasteiger partial charge in [-0.3, -0.25) is 0 Å². The maximum atomic E-state index is 11.3. The van der Waals surface area contributed by atoms with Gasteiger partial charge >= 0.3 is 6.09 Å². The second kappa shape index (κ2) is 6.70. The molecule has 15 heavy (non-hydrogen) atoms. The van der Waals surface area contributed by atoms with E-state index in [0.717, 1.165) is 6.42 Å². The van der Waals surface area contributed by atoms with E-state index in [1.54, 1.807) is 0 Å². The summed E-state index contributed by atoms with van der Waals surface area (Å²) >= 11 is 0. The number of alkyl carbamates (subject to hydrolysis) is 1. The molecule has 0 aromatic heterocycles. The zero-order valence-electron chi connectivity index (χ0n) is 11.5. The average molecular weight is 217 g/mol. The third-order valence-electron chi connectivity index (χ3n) is 1.72. The minimum absolute atomic E-state index is 0.192. The molecule has 3 heteroatoms. The second-order valence-corrected chi connectivity index (χ2v) is 4.86. The van der Waals surface area contributed by atoms with Crippen LogP contribution in [0.3, 0.4) is 0 Å². The molecule has 0 aromatic rings. The molecule has 0 fully saturated rings. The molecule has 0 radical (unpaired) electrons. The zero-order valence-corrected chi connectivity index (χ0v) is 11.5. The van der Waals surface area contributed by atoms with Crippen LogP contribution in [-0.2, 0) is 4.74 Å². The van der Waals surface area contributed by atoms with Crippen LogP contribution in [-0.4, -0.2) is 17.2 Å². The molecular weight excluding hydrogens is 190 g/mol. The van der Waals surface area contributed by atoms with Gasteiger partial charge in [-0.05, 0) is 41.0 Å². The van der Waals surface area contributed by atoms with Crippen LogP contribution in [0.1, 0.15) is 61.8 Å². The van der Waals surface area contributed by atoms with Crippen molar-refractivity contribution in [3.63, 3.8) is 0 Å². The molecule has 92 valence electrons. The molecule has 0 bridgehead atoms. The van der Waals surface area contributed by atoms with E-state index >= 15 is 0 Å². The molecule has 1 amide bonds. The van der Waals surface area contributed by atoms with E-state index in [1.165, 1.54) is 0 Å². The van der Waals surface area contributed by atoms with Crippen molar-refractivity contribution >= 4 is 6.09 Å². The summed E-state index contributed by atoms with van der Waals surface area (Å²) in [6.45, 7) is 15.5. The molecule has 0 atom stereocenters. The highest BCUT2D eigenvalue weighted by molar-refractivity contribution is 5.68. The van der Waals surface area contributed by atoms with E-state index in [2.05, 4.69) is 5.32 Å². The van der Waals surface area contributed by atoms with Crippen LogP contribution in [0.2, 0.25) is 0 Å². The van der Waals surface area contributed by atoms with Gasteiger partial charge in [0, 0.05) is 5.54 Å². The van der Waals surface area contributed by atoms with Gasteiger partial charge in [-0.15, -0.1) is 0 Å². The van der Waals surface area contributed by atoms with E-state index in [-0.39, 0.29) is 11.6 Å². The van der Waals surface area contributed by atoms with Gasteiger partial charge in [0.2, 0.25) is 0 Å². The Hall–Kier alpha value is -0.730. The Labute approximate surface area is 94.6 Å². The van der Waals surface area contributed by atoms with Crippen LogP contribution < -0.4 is 5.32 Å². The molecule has 0 aliphatic rings. The lowest BCUT2D eigenvalue weighted by Gasteiger charge is -2.27. The molecule has 0 saturated carbocycles. The Kier molecular flexibility index (Phi) is 7.45. The van der Waals surface area contributed by atoms with Crippen LogP contribution in [0.15, 0.2) is 0 Å². The van der Waals surface area contributed by atoms with E-state index in [4.69, 9.17) is 4.74 Å². The van der Waals surface area contributed by atoms with Crippen molar-refractivity contribution in [3.05, 3.63) is 0 Å². The van der Waals surface area contributed by atoms with Gasteiger partial charge in [-0.1, -0.05) is 20.8 Å². The summed E-state index contributed by atoms with van der Waals surface area (Å²) in [7, 11) is 0. The SMILES string of the molecule is CC.CCC(C)(C)NC(=O)OC(C)(C)C. The topological polar surface area (TPSA) is 38.3 Å². The van der Waals surface area contributed by atoms with Crippen LogP contribution >= 0.6 is 0 Å². The minimum atomic E-state index is -0.423. The van der Waals surface area contributed by atoms with Crippen LogP contribution in [0.5, 0.6) is 0 Å². The molecule has 0 saturated heterocycles. The Morgan fingerprint density at radius 3 is 1.80 bits per heavy atom. The number of ether oxygens (including phenoxy) is 1. The molecule has 0 aromatic carbocycles. The first-order chi connectivity index (χ1) is 6.66. The average Bonchev–Trinajstić information content (AvgIpc) is 2.03. The molecule has 0 aliphatic heterocycles. The van der Waals surface area contributed by atoms with Crippen molar-refractivity contribution in [3.8, 4) is 0 Å². The van der Waals surface area contributed by atoms with Gasteiger partial charge < -0.3 is 10.1 Å². The summed E-state index contributed by atoms with van der Waals surface area (Å²) in [5, 5.41) is 2.80. The normalized spacial score (nSPS) is 11.2. The minimum Gasteiger partial charge on any atom is -0.444 e. The van der Waals surface area contributed by atoms with Gasteiger partial charge in [-0.2, -0.15) is 0 Å². The number of hydrogen-bond donors (Lipinski definition) is 1. The van der Waals surface area contributed by atoms with Crippen molar-refractivity contribution < 1.29 is 9.53 Å². The molecule has 0 heterocycles. The highest BCUT2D eigenvalue weighted by Crippen LogP contribution is 2.11. The monoisotopic (exact) mass is 217 g/mol. The quantitative estimate of drug-likeness (QED) is 0.765. The predicted molar refractivity (Wildman–Crippen MR) is 65.1 cm³/mol. The maximum absolute atomic E-state index is 11.3. The predicted octanol–water partition coefficient (Wildman–Crippen LogP) is 3.73. The summed E-state index contributed by atoms with van der Waals surface area (Å²) < 4.78 is 5.13. The third kappa shape index (κ3) is 11.2. The molecule has 0 spiro atoms. The molecule has 0 unspecified atom stereocenters. The second-order valence-electron chi connectivity index (χ2n) is 4.86. The van der Waals surface area contributed by atoms with Crippen LogP contribution in [0.25, 0.3) is 0 Å². The summed E-state index contributed by atoms with van der Waals surface area (Å²) in [6.07, 6.45) is 0.533. The molecular formula is C12H27NO2. The highest BCUT2D eigenvalue weighted by Gasteiger charge is 2.22. The highest BCUT2D eigenvalue weighted by atomic mass is 16.6. The summed E-state index contributed by atoms with van der Waals surface area (Å²) in [4.78, 5) is 11.3. The van der Waals surface area contributed by atoms with Crippen molar-refractivity contribution in [2.75, 3.05) is 0 Å². The van der Waals surface area contributed by atoms with Gasteiger partial charge in [0.1, 0.15) is 5.60 Å². The Morgan fingerprint density at radius 2 is 1.53 bits per heavy atom. The molecule has 0 rings (SSSR count). The molecule has 3 nitrogen and oxygen atoms in total. The largest absolute Gasteiger partial charge is 0.444 e. The molecule has 1 N–H and O–H groups in total. The van der Waals surface area contributed by atoms with Crippen molar-refractivity contribution in [1.29, 1.82) is 0 Å². The number of carbonyl (C=O) groups excluding carboxylic acids is 1. The lowest BCUT2D eigenvalue weighted by atomic mass is 10.0. The third-order valence-corrected chi connectivity index (χ3v) is 1.72. The zero-order chi connectivity index (χ0) is 12.7. The van der Waals surface area contributed by atoms with Crippen molar-refractivity contribution in [2.24, 2.45) is 0 Å². The fourth-order valence-electron chi connectivity index (χ4n) is 0.668. The van der Waals surface area contributed by atoms with Crippen LogP contribution in [0, 0.1) is 0 Å². The lowest BCUT2D eigenvalue weighted by molar-refractivity contribution is 0.0470. The van der Waals surface area contributed by atoms with Crippen LogP contribution in [0.4, 0.5) is 4.79 Å². The first-order valence-corrected chi connectivity index (χ1v) is 5.67.